The Balaban J connectivity index is 2.49. The maximum Gasteiger partial charge on any atom is 0.122 e. The van der Waals surface area contributed by atoms with E-state index in [0.717, 1.165) is 18.6 Å². The summed E-state index contributed by atoms with van der Waals surface area (Å²) in [4.78, 5) is 0. The fourth-order valence-corrected chi connectivity index (χ4v) is 1.96. The van der Waals surface area contributed by atoms with Gasteiger partial charge in [-0.15, -0.1) is 0 Å². The molecule has 2 nitrogen and oxygen atoms in total. The van der Waals surface area contributed by atoms with Crippen LogP contribution in [0.4, 0.5) is 0 Å². The number of hydrogen-bond acceptors (Lipinski definition) is 2. The number of hydrogen-bond donors (Lipinski definition) is 1. The summed E-state index contributed by atoms with van der Waals surface area (Å²) >= 11 is 0. The van der Waals surface area contributed by atoms with Crippen LogP contribution in [-0.4, -0.2) is 7.11 Å². The van der Waals surface area contributed by atoms with Crippen molar-refractivity contribution < 1.29 is 4.74 Å². The molecule has 2 rings (SSSR count). The molecule has 1 aromatic rings. The monoisotopic (exact) mass is 191 g/mol. The Morgan fingerprint density at radius 2 is 1.86 bits per heavy atom. The first kappa shape index (κ1) is 9.53. The first-order valence-electron chi connectivity index (χ1n) is 5.02. The third-order valence-electron chi connectivity index (χ3n) is 3.28. The summed E-state index contributed by atoms with van der Waals surface area (Å²) in [5.41, 5.74) is 9.93. The van der Waals surface area contributed by atoms with Crippen LogP contribution in [0, 0.1) is 13.8 Å². The number of rotatable bonds is 2. The van der Waals surface area contributed by atoms with Gasteiger partial charge in [-0.3, -0.25) is 0 Å². The molecule has 76 valence electrons. The van der Waals surface area contributed by atoms with Gasteiger partial charge in [0.05, 0.1) is 7.11 Å². The zero-order chi connectivity index (χ0) is 10.3. The Kier molecular flexibility index (Phi) is 2.04. The summed E-state index contributed by atoms with van der Waals surface area (Å²) in [5, 5.41) is 0. The van der Waals surface area contributed by atoms with Crippen molar-refractivity contribution in [2.24, 2.45) is 5.73 Å². The van der Waals surface area contributed by atoms with E-state index in [-0.39, 0.29) is 5.54 Å². The van der Waals surface area contributed by atoms with Crippen molar-refractivity contribution in [2.75, 3.05) is 7.11 Å². The lowest BCUT2D eigenvalue weighted by Gasteiger charge is -2.16. The van der Waals surface area contributed by atoms with Gasteiger partial charge in [0, 0.05) is 5.54 Å². The molecule has 14 heavy (non-hydrogen) atoms. The lowest BCUT2D eigenvalue weighted by Crippen LogP contribution is -2.20. The second-order valence-corrected chi connectivity index (χ2v) is 4.22. The fraction of sp³-hybridized carbons (Fsp3) is 0.500. The Hall–Kier alpha value is -1.02. The summed E-state index contributed by atoms with van der Waals surface area (Å²) in [5.74, 6) is 0.954. The van der Waals surface area contributed by atoms with Gasteiger partial charge in [0.1, 0.15) is 5.75 Å². The zero-order valence-electron chi connectivity index (χ0n) is 9.05. The molecule has 2 N–H and O–H groups in total. The molecule has 2 heteroatoms. The molecule has 0 aliphatic heterocycles. The minimum absolute atomic E-state index is 0.0406. The molecule has 1 aliphatic rings. The summed E-state index contributed by atoms with van der Waals surface area (Å²) in [6.07, 6.45) is 2.22. The first-order chi connectivity index (χ1) is 6.58. The van der Waals surface area contributed by atoms with Gasteiger partial charge in [-0.25, -0.2) is 0 Å². The van der Waals surface area contributed by atoms with E-state index >= 15 is 0 Å². The topological polar surface area (TPSA) is 35.2 Å². The molecule has 0 amide bonds. The SMILES string of the molecule is COc1ccc(C2(N)CC2)c(C)c1C. The quantitative estimate of drug-likeness (QED) is 0.778. The minimum atomic E-state index is -0.0406. The Morgan fingerprint density at radius 3 is 2.36 bits per heavy atom. The van der Waals surface area contributed by atoms with Crippen molar-refractivity contribution in [1.82, 2.24) is 0 Å². The predicted octanol–water partition coefficient (Wildman–Crippen LogP) is 2.26. The van der Waals surface area contributed by atoms with E-state index in [0.29, 0.717) is 0 Å². The van der Waals surface area contributed by atoms with E-state index < -0.39 is 0 Å². The van der Waals surface area contributed by atoms with Crippen molar-refractivity contribution in [3.05, 3.63) is 28.8 Å². The van der Waals surface area contributed by atoms with E-state index in [2.05, 4.69) is 19.9 Å². The third-order valence-corrected chi connectivity index (χ3v) is 3.28. The largest absolute Gasteiger partial charge is 0.496 e. The summed E-state index contributed by atoms with van der Waals surface area (Å²) in [6, 6.07) is 4.12. The van der Waals surface area contributed by atoms with Crippen LogP contribution in [0.5, 0.6) is 5.75 Å². The molecule has 1 saturated carbocycles. The average molecular weight is 191 g/mol. The summed E-state index contributed by atoms with van der Waals surface area (Å²) in [6.45, 7) is 4.21. The summed E-state index contributed by atoms with van der Waals surface area (Å²) in [7, 11) is 1.71. The number of nitrogens with two attached hydrogens (primary N) is 1. The van der Waals surface area contributed by atoms with Crippen LogP contribution in [0.15, 0.2) is 12.1 Å². The van der Waals surface area contributed by atoms with Crippen LogP contribution < -0.4 is 10.5 Å². The van der Waals surface area contributed by atoms with Crippen molar-refractivity contribution in [2.45, 2.75) is 32.2 Å². The van der Waals surface area contributed by atoms with Crippen LogP contribution in [0.1, 0.15) is 29.5 Å². The molecule has 0 heterocycles. The molecule has 0 bridgehead atoms. The van der Waals surface area contributed by atoms with Crippen LogP contribution in [0.2, 0.25) is 0 Å². The highest BCUT2D eigenvalue weighted by atomic mass is 16.5. The summed E-state index contributed by atoms with van der Waals surface area (Å²) < 4.78 is 5.27. The van der Waals surface area contributed by atoms with Crippen LogP contribution in [0.25, 0.3) is 0 Å². The molecule has 1 aromatic carbocycles. The van der Waals surface area contributed by atoms with Crippen LogP contribution in [0.3, 0.4) is 0 Å². The molecule has 0 radical (unpaired) electrons. The first-order valence-corrected chi connectivity index (χ1v) is 5.02. The number of methoxy groups -OCH3 is 1. The highest BCUT2D eigenvalue weighted by Crippen LogP contribution is 2.45. The predicted molar refractivity (Wildman–Crippen MR) is 57.6 cm³/mol. The Labute approximate surface area is 85.1 Å². The van der Waals surface area contributed by atoms with Gasteiger partial charge < -0.3 is 10.5 Å². The van der Waals surface area contributed by atoms with Gasteiger partial charge >= 0.3 is 0 Å². The number of ether oxygens (including phenoxy) is 1. The highest BCUT2D eigenvalue weighted by molar-refractivity contribution is 5.47. The molecule has 0 saturated heterocycles. The molecule has 0 atom stereocenters. The van der Waals surface area contributed by atoms with E-state index in [1.807, 2.05) is 6.07 Å². The van der Waals surface area contributed by atoms with Gasteiger partial charge in [0.2, 0.25) is 0 Å². The molecular formula is C12H17NO. The highest BCUT2D eigenvalue weighted by Gasteiger charge is 2.41. The third kappa shape index (κ3) is 1.30. The smallest absolute Gasteiger partial charge is 0.122 e. The zero-order valence-corrected chi connectivity index (χ0v) is 9.05. The van der Waals surface area contributed by atoms with Crippen molar-refractivity contribution in [3.8, 4) is 5.75 Å². The van der Waals surface area contributed by atoms with Gasteiger partial charge in [-0.2, -0.15) is 0 Å². The van der Waals surface area contributed by atoms with E-state index in [4.69, 9.17) is 10.5 Å². The Bertz CT molecular complexity index is 367. The molecule has 0 aromatic heterocycles. The van der Waals surface area contributed by atoms with Crippen LogP contribution in [-0.2, 0) is 5.54 Å². The van der Waals surface area contributed by atoms with E-state index in [1.54, 1.807) is 7.11 Å². The fourth-order valence-electron chi connectivity index (χ4n) is 1.96. The Morgan fingerprint density at radius 1 is 1.21 bits per heavy atom. The van der Waals surface area contributed by atoms with Gasteiger partial charge in [0.15, 0.2) is 0 Å². The van der Waals surface area contributed by atoms with Crippen molar-refractivity contribution in [3.63, 3.8) is 0 Å². The average Bonchev–Trinajstić information content (AvgIpc) is 2.89. The molecular weight excluding hydrogens is 174 g/mol. The molecule has 1 fully saturated rings. The van der Waals surface area contributed by atoms with Crippen molar-refractivity contribution in [1.29, 1.82) is 0 Å². The maximum atomic E-state index is 6.19. The van der Waals surface area contributed by atoms with Crippen molar-refractivity contribution >= 4 is 0 Å². The molecule has 0 spiro atoms. The molecule has 1 aliphatic carbocycles. The van der Waals surface area contributed by atoms with Gasteiger partial charge in [-0.1, -0.05) is 6.07 Å². The lowest BCUT2D eigenvalue weighted by atomic mass is 9.96. The maximum absolute atomic E-state index is 6.19. The number of benzene rings is 1. The second kappa shape index (κ2) is 2.99. The van der Waals surface area contributed by atoms with E-state index in [9.17, 15) is 0 Å². The van der Waals surface area contributed by atoms with Crippen LogP contribution >= 0.6 is 0 Å². The standard InChI is InChI=1S/C12H17NO/c1-8-9(2)11(14-3)5-4-10(8)12(13)6-7-12/h4-5H,6-7,13H2,1-3H3. The normalized spacial score (nSPS) is 18.0. The molecule has 0 unspecified atom stereocenters. The van der Waals surface area contributed by atoms with Gasteiger partial charge in [-0.05, 0) is 49.4 Å². The second-order valence-electron chi connectivity index (χ2n) is 4.22. The van der Waals surface area contributed by atoms with Gasteiger partial charge in [0.25, 0.3) is 0 Å². The minimum Gasteiger partial charge on any atom is -0.496 e. The van der Waals surface area contributed by atoms with E-state index in [1.165, 1.54) is 16.7 Å². The lowest BCUT2D eigenvalue weighted by molar-refractivity contribution is 0.411.